The molecule has 0 aromatic carbocycles. The van der Waals surface area contributed by atoms with Crippen LogP contribution in [0.15, 0.2) is 0 Å². The lowest BCUT2D eigenvalue weighted by Crippen LogP contribution is -2.54. The molecule has 0 heterocycles. The summed E-state index contributed by atoms with van der Waals surface area (Å²) in [6.07, 6.45) is 7.34. The minimum atomic E-state index is -0.403. The Balaban J connectivity index is 1.92. The van der Waals surface area contributed by atoms with Crippen LogP contribution in [0.4, 0.5) is 0 Å². The number of carbonyl (C=O) groups is 2. The molecule has 2 aliphatic carbocycles. The van der Waals surface area contributed by atoms with E-state index in [0.717, 1.165) is 44.9 Å². The van der Waals surface area contributed by atoms with Crippen LogP contribution in [-0.2, 0) is 9.59 Å². The van der Waals surface area contributed by atoms with Crippen molar-refractivity contribution >= 4 is 11.8 Å². The number of hydrogen-bond donors (Lipinski definition) is 3. The Kier molecular flexibility index (Phi) is 4.68. The van der Waals surface area contributed by atoms with Crippen molar-refractivity contribution in [3.8, 4) is 0 Å². The molecule has 0 radical (unpaired) electrons. The van der Waals surface area contributed by atoms with Crippen LogP contribution >= 0.6 is 0 Å². The molecule has 4 unspecified atom stereocenters. The summed E-state index contributed by atoms with van der Waals surface area (Å²) in [4.78, 5) is 23.7. The maximum Gasteiger partial charge on any atom is 0.225 e. The quantitative estimate of drug-likeness (QED) is 0.721. The lowest BCUT2D eigenvalue weighted by Gasteiger charge is -2.38. The zero-order chi connectivity index (χ0) is 14.8. The van der Waals surface area contributed by atoms with E-state index in [1.165, 1.54) is 0 Å². The van der Waals surface area contributed by atoms with Crippen molar-refractivity contribution in [1.29, 1.82) is 0 Å². The first-order valence-corrected chi connectivity index (χ1v) is 7.79. The fraction of sp³-hybridized carbons (Fsp3) is 0.867. The van der Waals surface area contributed by atoms with Crippen molar-refractivity contribution in [2.75, 3.05) is 0 Å². The summed E-state index contributed by atoms with van der Waals surface area (Å²) in [5, 5.41) is 3.10. The zero-order valence-electron chi connectivity index (χ0n) is 12.4. The Labute approximate surface area is 120 Å². The SMILES string of the molecule is CC1(N)CCCCC1C(=O)NC1CCCC(C(N)=O)C1. The number of hydrogen-bond acceptors (Lipinski definition) is 3. The van der Waals surface area contributed by atoms with Crippen LogP contribution in [0.25, 0.3) is 0 Å². The monoisotopic (exact) mass is 281 g/mol. The highest BCUT2D eigenvalue weighted by molar-refractivity contribution is 5.81. The van der Waals surface area contributed by atoms with Gasteiger partial charge in [0.1, 0.15) is 0 Å². The molecule has 2 amide bonds. The second-order valence-electron chi connectivity index (χ2n) is 6.78. The normalized spacial score (nSPS) is 38.2. The van der Waals surface area contributed by atoms with Crippen molar-refractivity contribution < 1.29 is 9.59 Å². The maximum atomic E-state index is 12.5. The lowest BCUT2D eigenvalue weighted by molar-refractivity contribution is -0.130. The molecule has 2 saturated carbocycles. The highest BCUT2D eigenvalue weighted by Crippen LogP contribution is 2.32. The van der Waals surface area contributed by atoms with Gasteiger partial charge in [-0.15, -0.1) is 0 Å². The molecule has 0 bridgehead atoms. The highest BCUT2D eigenvalue weighted by Gasteiger charge is 2.39. The van der Waals surface area contributed by atoms with E-state index >= 15 is 0 Å². The summed E-state index contributed by atoms with van der Waals surface area (Å²) < 4.78 is 0. The van der Waals surface area contributed by atoms with Crippen LogP contribution in [0, 0.1) is 11.8 Å². The zero-order valence-corrected chi connectivity index (χ0v) is 12.4. The van der Waals surface area contributed by atoms with Gasteiger partial charge < -0.3 is 16.8 Å². The fourth-order valence-electron chi connectivity index (χ4n) is 3.67. The number of primary amides is 1. The molecule has 4 atom stereocenters. The van der Waals surface area contributed by atoms with Gasteiger partial charge in [0.25, 0.3) is 0 Å². The lowest BCUT2D eigenvalue weighted by atomic mass is 9.74. The van der Waals surface area contributed by atoms with E-state index in [1.807, 2.05) is 6.92 Å². The van der Waals surface area contributed by atoms with Crippen LogP contribution < -0.4 is 16.8 Å². The summed E-state index contributed by atoms with van der Waals surface area (Å²) in [5.74, 6) is -0.384. The number of carbonyl (C=O) groups excluding carboxylic acids is 2. The van der Waals surface area contributed by atoms with Gasteiger partial charge in [-0.2, -0.15) is 0 Å². The third-order valence-electron chi connectivity index (χ3n) is 4.99. The number of amides is 2. The number of nitrogens with two attached hydrogens (primary N) is 2. The summed E-state index contributed by atoms with van der Waals surface area (Å²) in [5.41, 5.74) is 11.2. The van der Waals surface area contributed by atoms with E-state index < -0.39 is 5.54 Å². The van der Waals surface area contributed by atoms with E-state index in [1.54, 1.807) is 0 Å². The minimum absolute atomic E-state index is 0.0600. The highest BCUT2D eigenvalue weighted by atomic mass is 16.2. The van der Waals surface area contributed by atoms with Crippen LogP contribution in [0.1, 0.15) is 58.3 Å². The van der Waals surface area contributed by atoms with Crippen LogP contribution in [0.5, 0.6) is 0 Å². The molecule has 0 saturated heterocycles. The Morgan fingerprint density at radius 3 is 2.55 bits per heavy atom. The molecule has 0 spiro atoms. The van der Waals surface area contributed by atoms with Crippen LogP contribution in [-0.4, -0.2) is 23.4 Å². The molecule has 5 nitrogen and oxygen atoms in total. The van der Waals surface area contributed by atoms with Gasteiger partial charge in [-0.1, -0.05) is 19.3 Å². The van der Waals surface area contributed by atoms with Crippen LogP contribution in [0.2, 0.25) is 0 Å². The predicted octanol–water partition coefficient (Wildman–Crippen LogP) is 1.05. The van der Waals surface area contributed by atoms with E-state index in [9.17, 15) is 9.59 Å². The Hall–Kier alpha value is -1.10. The molecule has 0 aliphatic heterocycles. The van der Waals surface area contributed by atoms with Gasteiger partial charge in [0.05, 0.1) is 5.92 Å². The van der Waals surface area contributed by atoms with Crippen LogP contribution in [0.3, 0.4) is 0 Å². The average Bonchev–Trinajstić information content (AvgIpc) is 2.38. The standard InChI is InChI=1S/C15H27N3O2/c1-15(17)8-3-2-7-12(15)14(20)18-11-6-4-5-10(9-11)13(16)19/h10-12H,2-9,17H2,1H3,(H2,16,19)(H,18,20). The molecule has 20 heavy (non-hydrogen) atoms. The third kappa shape index (κ3) is 3.51. The molecule has 114 valence electrons. The first-order chi connectivity index (χ1) is 9.40. The fourth-order valence-corrected chi connectivity index (χ4v) is 3.67. The average molecular weight is 281 g/mol. The molecule has 0 aromatic rings. The molecule has 0 aromatic heterocycles. The van der Waals surface area contributed by atoms with E-state index in [2.05, 4.69) is 5.32 Å². The minimum Gasteiger partial charge on any atom is -0.369 e. The van der Waals surface area contributed by atoms with Crippen molar-refractivity contribution in [2.45, 2.75) is 69.9 Å². The van der Waals surface area contributed by atoms with Crippen molar-refractivity contribution in [3.63, 3.8) is 0 Å². The topological polar surface area (TPSA) is 98.2 Å². The molecule has 2 aliphatic rings. The largest absolute Gasteiger partial charge is 0.369 e. The smallest absolute Gasteiger partial charge is 0.225 e. The summed E-state index contributed by atoms with van der Waals surface area (Å²) in [6, 6.07) is 0.0754. The first kappa shape index (κ1) is 15.3. The molecule has 5 heteroatoms. The van der Waals surface area contributed by atoms with Gasteiger partial charge in [0.15, 0.2) is 0 Å². The summed E-state index contributed by atoms with van der Waals surface area (Å²) in [7, 11) is 0. The second-order valence-corrected chi connectivity index (χ2v) is 6.78. The van der Waals surface area contributed by atoms with Crippen molar-refractivity contribution in [2.24, 2.45) is 23.3 Å². The first-order valence-electron chi connectivity index (χ1n) is 7.79. The second kappa shape index (κ2) is 6.12. The van der Waals surface area contributed by atoms with E-state index in [-0.39, 0.29) is 29.7 Å². The van der Waals surface area contributed by atoms with Gasteiger partial charge in [-0.25, -0.2) is 0 Å². The molecule has 2 rings (SSSR count). The molecule has 5 N–H and O–H groups in total. The Morgan fingerprint density at radius 2 is 1.90 bits per heavy atom. The van der Waals surface area contributed by atoms with Gasteiger partial charge in [-0.05, 0) is 39.0 Å². The maximum absolute atomic E-state index is 12.5. The third-order valence-corrected chi connectivity index (χ3v) is 4.99. The molecule has 2 fully saturated rings. The van der Waals surface area contributed by atoms with Gasteiger partial charge in [0.2, 0.25) is 11.8 Å². The van der Waals surface area contributed by atoms with Crippen molar-refractivity contribution in [1.82, 2.24) is 5.32 Å². The van der Waals surface area contributed by atoms with Gasteiger partial charge in [-0.3, -0.25) is 9.59 Å². The van der Waals surface area contributed by atoms with Crippen molar-refractivity contribution in [3.05, 3.63) is 0 Å². The Morgan fingerprint density at radius 1 is 1.15 bits per heavy atom. The molecular weight excluding hydrogens is 254 g/mol. The van der Waals surface area contributed by atoms with E-state index in [4.69, 9.17) is 11.5 Å². The summed E-state index contributed by atoms with van der Waals surface area (Å²) in [6.45, 7) is 1.98. The summed E-state index contributed by atoms with van der Waals surface area (Å²) >= 11 is 0. The number of rotatable bonds is 3. The molecular formula is C15H27N3O2. The number of nitrogens with one attached hydrogen (secondary N) is 1. The van der Waals surface area contributed by atoms with E-state index in [0.29, 0.717) is 6.42 Å². The predicted molar refractivity (Wildman–Crippen MR) is 77.6 cm³/mol. The Bertz CT molecular complexity index is 381. The van der Waals surface area contributed by atoms with Gasteiger partial charge in [0, 0.05) is 17.5 Å². The van der Waals surface area contributed by atoms with Gasteiger partial charge >= 0.3 is 0 Å².